The van der Waals surface area contributed by atoms with Crippen LogP contribution in [0.25, 0.3) is 0 Å². The van der Waals surface area contributed by atoms with E-state index in [0.717, 1.165) is 15.2 Å². The minimum atomic E-state index is -0.000547. The molecule has 2 N–H and O–H groups in total. The van der Waals surface area contributed by atoms with Gasteiger partial charge in [0.1, 0.15) is 10.8 Å². The summed E-state index contributed by atoms with van der Waals surface area (Å²) in [5, 5.41) is 11.6. The predicted molar refractivity (Wildman–Crippen MR) is 70.7 cm³/mol. The molecular weight excluding hydrogens is 270 g/mol. The molecule has 0 unspecified atom stereocenters. The minimum absolute atomic E-state index is 0.000547. The van der Waals surface area contributed by atoms with Gasteiger partial charge in [0.2, 0.25) is 5.91 Å². The molecule has 0 aliphatic heterocycles. The van der Waals surface area contributed by atoms with E-state index in [4.69, 9.17) is 0 Å². The lowest BCUT2D eigenvalue weighted by atomic mass is 10.4. The van der Waals surface area contributed by atoms with Crippen LogP contribution in [0.1, 0.15) is 10.8 Å². The molecule has 2 heterocycles. The van der Waals surface area contributed by atoms with E-state index in [2.05, 4.69) is 25.5 Å². The summed E-state index contributed by atoms with van der Waals surface area (Å²) in [5.74, 6) is 1.24. The van der Waals surface area contributed by atoms with E-state index in [1.54, 1.807) is 12.4 Å². The number of hydrogen-bond donors (Lipinski definition) is 2. The number of hydrogen-bond acceptors (Lipinski definition) is 6. The lowest BCUT2D eigenvalue weighted by molar-refractivity contribution is -0.118. The van der Waals surface area contributed by atoms with Crippen LogP contribution < -0.4 is 5.32 Å². The number of imidazole rings is 1. The van der Waals surface area contributed by atoms with Gasteiger partial charge in [-0.05, 0) is 6.92 Å². The Balaban J connectivity index is 1.63. The molecule has 2 rings (SSSR count). The van der Waals surface area contributed by atoms with Crippen molar-refractivity contribution in [2.45, 2.75) is 17.7 Å². The van der Waals surface area contributed by atoms with E-state index >= 15 is 0 Å². The molecule has 0 spiro atoms. The molecule has 0 radical (unpaired) electrons. The second kappa shape index (κ2) is 6.50. The van der Waals surface area contributed by atoms with Crippen LogP contribution in [0.5, 0.6) is 0 Å². The fourth-order valence-corrected chi connectivity index (χ4v) is 2.92. The third-order valence-corrected chi connectivity index (χ3v) is 4.05. The quantitative estimate of drug-likeness (QED) is 0.773. The number of nitrogens with zero attached hydrogens (tertiary/aromatic N) is 3. The zero-order chi connectivity index (χ0) is 12.8. The van der Waals surface area contributed by atoms with E-state index in [1.165, 1.54) is 23.1 Å². The molecule has 6 nitrogen and oxygen atoms in total. The third kappa shape index (κ3) is 4.11. The molecule has 18 heavy (non-hydrogen) atoms. The Morgan fingerprint density at radius 3 is 3.11 bits per heavy atom. The zero-order valence-corrected chi connectivity index (χ0v) is 11.5. The summed E-state index contributed by atoms with van der Waals surface area (Å²) in [6.07, 6.45) is 4.18. The van der Waals surface area contributed by atoms with Gasteiger partial charge in [0.15, 0.2) is 4.34 Å². The maximum Gasteiger partial charge on any atom is 0.230 e. The molecule has 0 aromatic carbocycles. The fraction of sp³-hybridized carbons (Fsp3) is 0.400. The summed E-state index contributed by atoms with van der Waals surface area (Å²) >= 11 is 2.90. The molecule has 0 saturated heterocycles. The molecule has 96 valence electrons. The van der Waals surface area contributed by atoms with Crippen LogP contribution in [0.2, 0.25) is 0 Å². The largest absolute Gasteiger partial charge is 0.355 e. The Labute approximate surface area is 113 Å². The highest BCUT2D eigenvalue weighted by Crippen LogP contribution is 2.21. The van der Waals surface area contributed by atoms with Gasteiger partial charge < -0.3 is 10.3 Å². The van der Waals surface area contributed by atoms with Crippen LogP contribution in [0.15, 0.2) is 16.7 Å². The van der Waals surface area contributed by atoms with Crippen molar-refractivity contribution < 1.29 is 4.79 Å². The standard InChI is InChI=1S/C10H13N5OS2/c1-7-14-15-10(18-7)17-6-9(16)13-3-2-8-11-4-5-12-8/h4-5H,2-3,6H2,1H3,(H,11,12)(H,13,16). The SMILES string of the molecule is Cc1nnc(SCC(=O)NCCc2ncc[nH]2)s1. The highest BCUT2D eigenvalue weighted by molar-refractivity contribution is 8.01. The Bertz CT molecular complexity index is 496. The number of aromatic nitrogens is 4. The number of aryl methyl sites for hydroxylation is 1. The first kappa shape index (κ1) is 13.0. The van der Waals surface area contributed by atoms with Crippen LogP contribution in [0.4, 0.5) is 0 Å². The summed E-state index contributed by atoms with van der Waals surface area (Å²) < 4.78 is 0.827. The molecule has 0 aliphatic rings. The van der Waals surface area contributed by atoms with Crippen LogP contribution >= 0.6 is 23.1 Å². The second-order valence-electron chi connectivity index (χ2n) is 3.51. The van der Waals surface area contributed by atoms with Gasteiger partial charge in [-0.25, -0.2) is 4.98 Å². The van der Waals surface area contributed by atoms with Gasteiger partial charge in [-0.2, -0.15) is 0 Å². The van der Waals surface area contributed by atoms with Crippen molar-refractivity contribution in [3.63, 3.8) is 0 Å². The first-order chi connectivity index (χ1) is 8.74. The van der Waals surface area contributed by atoms with Gasteiger partial charge in [0, 0.05) is 25.4 Å². The fourth-order valence-electron chi connectivity index (χ4n) is 1.27. The molecule has 0 bridgehead atoms. The van der Waals surface area contributed by atoms with Gasteiger partial charge in [0.05, 0.1) is 5.75 Å². The van der Waals surface area contributed by atoms with E-state index in [0.29, 0.717) is 18.7 Å². The number of thioether (sulfide) groups is 1. The van der Waals surface area contributed by atoms with Crippen molar-refractivity contribution in [3.8, 4) is 0 Å². The first-order valence-corrected chi connectivity index (χ1v) is 7.22. The number of aromatic amines is 1. The van der Waals surface area contributed by atoms with Crippen molar-refractivity contribution in [1.29, 1.82) is 0 Å². The Hall–Kier alpha value is -1.41. The highest BCUT2D eigenvalue weighted by atomic mass is 32.2. The van der Waals surface area contributed by atoms with Gasteiger partial charge in [-0.15, -0.1) is 10.2 Å². The molecule has 8 heteroatoms. The Morgan fingerprint density at radius 2 is 2.44 bits per heavy atom. The topological polar surface area (TPSA) is 83.6 Å². The van der Waals surface area contributed by atoms with Gasteiger partial charge in [-0.3, -0.25) is 4.79 Å². The van der Waals surface area contributed by atoms with Crippen molar-refractivity contribution in [2.24, 2.45) is 0 Å². The number of carbonyl (C=O) groups excluding carboxylic acids is 1. The molecule has 0 atom stereocenters. The summed E-state index contributed by atoms with van der Waals surface area (Å²) in [4.78, 5) is 18.6. The maximum absolute atomic E-state index is 11.5. The Kier molecular flexibility index (Phi) is 4.71. The van der Waals surface area contributed by atoms with E-state index in [1.807, 2.05) is 6.92 Å². The van der Waals surface area contributed by atoms with Crippen molar-refractivity contribution >= 4 is 29.0 Å². The number of carbonyl (C=O) groups is 1. The lowest BCUT2D eigenvalue weighted by Gasteiger charge is -2.02. The van der Waals surface area contributed by atoms with E-state index in [9.17, 15) is 4.79 Å². The van der Waals surface area contributed by atoms with Crippen LogP contribution in [-0.4, -0.2) is 38.4 Å². The molecule has 0 fully saturated rings. The lowest BCUT2D eigenvalue weighted by Crippen LogP contribution is -2.27. The van der Waals surface area contributed by atoms with Gasteiger partial charge in [0.25, 0.3) is 0 Å². The molecule has 1 amide bonds. The van der Waals surface area contributed by atoms with Gasteiger partial charge in [-0.1, -0.05) is 23.1 Å². The summed E-state index contributed by atoms with van der Waals surface area (Å²) in [6.45, 7) is 2.48. The van der Waals surface area contributed by atoms with E-state index in [-0.39, 0.29) is 5.91 Å². The molecule has 0 aliphatic carbocycles. The first-order valence-electron chi connectivity index (χ1n) is 5.42. The monoisotopic (exact) mass is 283 g/mol. The maximum atomic E-state index is 11.5. The van der Waals surface area contributed by atoms with Crippen LogP contribution in [-0.2, 0) is 11.2 Å². The van der Waals surface area contributed by atoms with Crippen LogP contribution in [0.3, 0.4) is 0 Å². The molecule has 2 aromatic rings. The normalized spacial score (nSPS) is 10.5. The summed E-state index contributed by atoms with van der Waals surface area (Å²) in [6, 6.07) is 0. The predicted octanol–water partition coefficient (Wildman–Crippen LogP) is 1.02. The van der Waals surface area contributed by atoms with Crippen molar-refractivity contribution in [3.05, 3.63) is 23.2 Å². The molecule has 2 aromatic heterocycles. The highest BCUT2D eigenvalue weighted by Gasteiger charge is 2.06. The smallest absolute Gasteiger partial charge is 0.230 e. The third-order valence-electron chi connectivity index (χ3n) is 2.07. The van der Waals surface area contributed by atoms with E-state index < -0.39 is 0 Å². The summed E-state index contributed by atoms with van der Waals surface area (Å²) in [7, 11) is 0. The van der Waals surface area contributed by atoms with Crippen LogP contribution in [0, 0.1) is 6.92 Å². The Morgan fingerprint density at radius 1 is 1.56 bits per heavy atom. The summed E-state index contributed by atoms with van der Waals surface area (Å²) in [5.41, 5.74) is 0. The molecule has 0 saturated carbocycles. The second-order valence-corrected chi connectivity index (χ2v) is 5.92. The minimum Gasteiger partial charge on any atom is -0.355 e. The number of rotatable bonds is 6. The average Bonchev–Trinajstić information content (AvgIpc) is 2.98. The molecular formula is C10H13N5OS2. The van der Waals surface area contributed by atoms with Gasteiger partial charge >= 0.3 is 0 Å². The van der Waals surface area contributed by atoms with Crippen molar-refractivity contribution in [2.75, 3.05) is 12.3 Å². The number of nitrogens with one attached hydrogen (secondary N) is 2. The number of amides is 1. The average molecular weight is 283 g/mol. The van der Waals surface area contributed by atoms with Crippen molar-refractivity contribution in [1.82, 2.24) is 25.5 Å². The number of H-pyrrole nitrogens is 1. The zero-order valence-electron chi connectivity index (χ0n) is 9.84.